The van der Waals surface area contributed by atoms with Crippen LogP contribution in [0.2, 0.25) is 5.02 Å². The molecule has 0 aliphatic carbocycles. The fourth-order valence-electron chi connectivity index (χ4n) is 2.65. The molecule has 0 spiro atoms. The molecular weight excluding hydrogens is 457 g/mol. The number of aromatic nitrogens is 4. The van der Waals surface area contributed by atoms with Crippen molar-refractivity contribution in [1.82, 2.24) is 19.9 Å². The molecule has 0 amide bonds. The van der Waals surface area contributed by atoms with E-state index in [1.807, 2.05) is 47.0 Å². The Hall–Kier alpha value is -2.33. The van der Waals surface area contributed by atoms with Crippen molar-refractivity contribution in [2.75, 3.05) is 5.73 Å². The molecule has 4 aromatic rings. The molecule has 126 valence electrons. The molecule has 0 bridgehead atoms. The molecule has 0 saturated carbocycles. The quantitative estimate of drug-likeness (QED) is 0.454. The fraction of sp³-hybridized carbons (Fsp3) is 0.0625. The van der Waals surface area contributed by atoms with Crippen molar-refractivity contribution in [2.45, 2.75) is 6.54 Å². The first-order chi connectivity index (χ1) is 12.2. The lowest BCUT2D eigenvalue weighted by Crippen LogP contribution is -2.04. The Morgan fingerprint density at radius 1 is 1.20 bits per heavy atom. The topological polar surface area (TPSA) is 92.0 Å². The normalized spacial score (nSPS) is 11.1. The molecule has 4 rings (SSSR count). The van der Waals surface area contributed by atoms with Gasteiger partial charge < -0.3 is 13.4 Å². The second-order valence-corrected chi connectivity index (χ2v) is 6.20. The van der Waals surface area contributed by atoms with E-state index in [-0.39, 0.29) is 5.82 Å². The van der Waals surface area contributed by atoms with Crippen molar-refractivity contribution in [2.24, 2.45) is 0 Å². The number of nitrogen functional groups attached to an aromatic ring is 1. The van der Waals surface area contributed by atoms with Crippen molar-refractivity contribution < 1.29 is 7.70 Å². The second kappa shape index (κ2) is 6.52. The molecule has 0 aliphatic rings. The van der Waals surface area contributed by atoms with Crippen LogP contribution in [0.1, 0.15) is 5.56 Å². The van der Waals surface area contributed by atoms with E-state index in [1.54, 1.807) is 23.0 Å². The number of imidazole rings is 1. The smallest absolute Gasteiger partial charge is 0.199 e. The van der Waals surface area contributed by atoms with Gasteiger partial charge in [0.1, 0.15) is 0 Å². The van der Waals surface area contributed by atoms with Crippen LogP contribution in [0.5, 0.6) is 5.75 Å². The maximum atomic E-state index is 6.24. The highest BCUT2D eigenvalue weighted by atomic mass is 127. The molecule has 2 aromatic carbocycles. The number of hydrogen-bond donors (Lipinski definition) is 1. The van der Waals surface area contributed by atoms with Gasteiger partial charge in [-0.05, 0) is 40.1 Å². The van der Waals surface area contributed by atoms with Crippen molar-refractivity contribution in [3.63, 3.8) is 0 Å². The number of para-hydroxylation sites is 2. The predicted molar refractivity (Wildman–Crippen MR) is 103 cm³/mol. The van der Waals surface area contributed by atoms with E-state index in [0.29, 0.717) is 28.8 Å². The van der Waals surface area contributed by atoms with Crippen molar-refractivity contribution in [3.8, 4) is 17.3 Å². The zero-order chi connectivity index (χ0) is 17.4. The summed E-state index contributed by atoms with van der Waals surface area (Å²) in [6.45, 7) is 0.531. The number of halogens is 2. The Morgan fingerprint density at radius 2 is 2.04 bits per heavy atom. The Balaban J connectivity index is 1.85. The lowest BCUT2D eigenvalue weighted by molar-refractivity contribution is 0.310. The standard InChI is InChI=1S/C16H11ClIN5O2/c17-10-7-9(5-6-13(10)24-18)8-23-12-4-2-1-3-11(12)20-16(23)14-15(19)22-25-21-14/h1-7H,8H2,(H2,19,22). The summed E-state index contributed by atoms with van der Waals surface area (Å²) in [4.78, 5) is 4.63. The third kappa shape index (κ3) is 2.91. The van der Waals surface area contributed by atoms with Crippen LogP contribution in [-0.2, 0) is 6.54 Å². The van der Waals surface area contributed by atoms with Gasteiger partial charge >= 0.3 is 0 Å². The number of benzene rings is 2. The van der Waals surface area contributed by atoms with Crippen LogP contribution in [-0.4, -0.2) is 19.9 Å². The molecule has 0 radical (unpaired) electrons. The van der Waals surface area contributed by atoms with Crippen LogP contribution in [0.15, 0.2) is 47.1 Å². The van der Waals surface area contributed by atoms with Gasteiger partial charge in [0.15, 0.2) is 46.1 Å². The molecule has 0 aliphatic heterocycles. The Kier molecular flexibility index (Phi) is 4.22. The molecule has 2 heterocycles. The molecule has 0 saturated heterocycles. The third-order valence-corrected chi connectivity index (χ3v) is 4.57. The lowest BCUT2D eigenvalue weighted by atomic mass is 10.2. The van der Waals surface area contributed by atoms with Gasteiger partial charge in [0.2, 0.25) is 0 Å². The van der Waals surface area contributed by atoms with Crippen LogP contribution in [0.3, 0.4) is 0 Å². The highest BCUT2D eigenvalue weighted by Gasteiger charge is 2.19. The van der Waals surface area contributed by atoms with E-state index >= 15 is 0 Å². The Morgan fingerprint density at radius 3 is 2.76 bits per heavy atom. The first-order valence-corrected chi connectivity index (χ1v) is 8.54. The van der Waals surface area contributed by atoms with Crippen LogP contribution >= 0.6 is 34.6 Å². The average molecular weight is 468 g/mol. The minimum Gasteiger partial charge on any atom is -0.426 e. The summed E-state index contributed by atoms with van der Waals surface area (Å²) in [5.41, 5.74) is 9.04. The number of nitrogens with zero attached hydrogens (tertiary/aromatic N) is 4. The van der Waals surface area contributed by atoms with E-state index in [4.69, 9.17) is 25.0 Å². The third-order valence-electron chi connectivity index (χ3n) is 3.80. The SMILES string of the molecule is Nc1nonc1-c1nc2ccccc2n1Cc1ccc(OI)c(Cl)c1. The molecule has 2 aromatic heterocycles. The molecule has 25 heavy (non-hydrogen) atoms. The number of anilines is 1. The molecule has 9 heteroatoms. The fourth-order valence-corrected chi connectivity index (χ4v) is 3.41. The first-order valence-electron chi connectivity index (χ1n) is 7.28. The number of rotatable bonds is 4. The summed E-state index contributed by atoms with van der Waals surface area (Å²) >= 11 is 8.04. The molecule has 0 unspecified atom stereocenters. The van der Waals surface area contributed by atoms with Gasteiger partial charge in [0.05, 0.1) is 16.1 Å². The lowest BCUT2D eigenvalue weighted by Gasteiger charge is -2.09. The van der Waals surface area contributed by atoms with E-state index in [2.05, 4.69) is 15.3 Å². The minimum atomic E-state index is 0.197. The first kappa shape index (κ1) is 16.2. The summed E-state index contributed by atoms with van der Waals surface area (Å²) in [6.07, 6.45) is 0. The molecule has 0 fully saturated rings. The maximum Gasteiger partial charge on any atom is 0.199 e. The highest BCUT2D eigenvalue weighted by molar-refractivity contribution is 14.1. The molecule has 0 atom stereocenters. The van der Waals surface area contributed by atoms with E-state index in [0.717, 1.165) is 16.6 Å². The van der Waals surface area contributed by atoms with E-state index in [1.165, 1.54) is 0 Å². The molecule has 2 N–H and O–H groups in total. The van der Waals surface area contributed by atoms with Gasteiger partial charge in [-0.15, -0.1) is 0 Å². The number of fused-ring (bicyclic) bond motifs is 1. The monoisotopic (exact) mass is 467 g/mol. The van der Waals surface area contributed by atoms with Crippen LogP contribution < -0.4 is 8.80 Å². The van der Waals surface area contributed by atoms with Gasteiger partial charge in [0, 0.05) is 6.54 Å². The number of hydrogen-bond acceptors (Lipinski definition) is 6. The van der Waals surface area contributed by atoms with Gasteiger partial charge in [0.25, 0.3) is 0 Å². The van der Waals surface area contributed by atoms with Gasteiger partial charge in [-0.25, -0.2) is 9.61 Å². The van der Waals surface area contributed by atoms with Crippen LogP contribution in [0.25, 0.3) is 22.6 Å². The predicted octanol–water partition coefficient (Wildman–Crippen LogP) is 4.10. The van der Waals surface area contributed by atoms with Gasteiger partial charge in [-0.1, -0.05) is 29.8 Å². The Bertz CT molecular complexity index is 1060. The number of nitrogens with two attached hydrogens (primary N) is 1. The average Bonchev–Trinajstić information content (AvgIpc) is 3.19. The summed E-state index contributed by atoms with van der Waals surface area (Å²) in [6, 6.07) is 13.4. The summed E-state index contributed by atoms with van der Waals surface area (Å²) < 4.78 is 11.9. The van der Waals surface area contributed by atoms with Gasteiger partial charge in [-0.3, -0.25) is 0 Å². The summed E-state index contributed by atoms with van der Waals surface area (Å²) in [5, 5.41) is 8.08. The van der Waals surface area contributed by atoms with Crippen molar-refractivity contribution in [3.05, 3.63) is 53.1 Å². The summed E-state index contributed by atoms with van der Waals surface area (Å²) in [5.74, 6) is 1.40. The largest absolute Gasteiger partial charge is 0.426 e. The second-order valence-electron chi connectivity index (χ2n) is 5.35. The van der Waals surface area contributed by atoms with Crippen LogP contribution in [0, 0.1) is 0 Å². The molecule has 7 nitrogen and oxygen atoms in total. The Labute approximate surface area is 161 Å². The summed E-state index contributed by atoms with van der Waals surface area (Å²) in [7, 11) is 0. The van der Waals surface area contributed by atoms with Crippen LogP contribution in [0.4, 0.5) is 5.82 Å². The molecular formula is C16H11ClIN5O2. The minimum absolute atomic E-state index is 0.197. The maximum absolute atomic E-state index is 6.24. The van der Waals surface area contributed by atoms with E-state index in [9.17, 15) is 0 Å². The van der Waals surface area contributed by atoms with Crippen molar-refractivity contribution in [1.29, 1.82) is 0 Å². The van der Waals surface area contributed by atoms with Gasteiger partial charge in [-0.2, -0.15) is 0 Å². The highest BCUT2D eigenvalue weighted by Crippen LogP contribution is 2.30. The zero-order valence-electron chi connectivity index (χ0n) is 12.7. The van der Waals surface area contributed by atoms with Crippen molar-refractivity contribution >= 4 is 51.5 Å². The van der Waals surface area contributed by atoms with E-state index < -0.39 is 0 Å². The zero-order valence-corrected chi connectivity index (χ0v) is 15.6.